The van der Waals surface area contributed by atoms with Gasteiger partial charge in [0, 0.05) is 65.5 Å². The average molecular weight is 562 g/mol. The van der Waals surface area contributed by atoms with Crippen LogP contribution in [0.5, 0.6) is 0 Å². The van der Waals surface area contributed by atoms with Crippen molar-refractivity contribution in [1.82, 2.24) is 15.2 Å². The largest absolute Gasteiger partial charge is 0.444 e. The number of hydrogen-bond donors (Lipinski definition) is 2. The van der Waals surface area contributed by atoms with E-state index in [4.69, 9.17) is 9.72 Å². The van der Waals surface area contributed by atoms with E-state index in [2.05, 4.69) is 15.5 Å². The Hall–Kier alpha value is -3.92. The van der Waals surface area contributed by atoms with Crippen LogP contribution in [0.4, 0.5) is 20.6 Å². The summed E-state index contributed by atoms with van der Waals surface area (Å²) in [4.78, 5) is 34.6. The van der Waals surface area contributed by atoms with E-state index < -0.39 is 5.60 Å². The van der Waals surface area contributed by atoms with Gasteiger partial charge in [0.2, 0.25) is 0 Å². The number of ether oxygens (including phenoxy) is 1. The molecule has 0 saturated carbocycles. The van der Waals surface area contributed by atoms with Crippen LogP contribution in [0.1, 0.15) is 37.4 Å². The first kappa shape index (κ1) is 26.3. The summed E-state index contributed by atoms with van der Waals surface area (Å²) < 4.78 is 21.6. The van der Waals surface area contributed by atoms with Crippen LogP contribution in [0, 0.1) is 5.82 Å². The van der Waals surface area contributed by atoms with Crippen molar-refractivity contribution in [3.8, 4) is 11.3 Å². The molecule has 8 nitrogen and oxygen atoms in total. The van der Waals surface area contributed by atoms with Crippen molar-refractivity contribution in [2.45, 2.75) is 39.3 Å². The highest BCUT2D eigenvalue weighted by Gasteiger charge is 2.27. The Morgan fingerprint density at radius 3 is 2.62 bits per heavy atom. The van der Waals surface area contributed by atoms with E-state index in [1.54, 1.807) is 11.0 Å². The molecule has 2 amide bonds. The minimum atomic E-state index is -0.537. The van der Waals surface area contributed by atoms with Crippen molar-refractivity contribution in [1.29, 1.82) is 0 Å². The van der Waals surface area contributed by atoms with Crippen LogP contribution in [0.2, 0.25) is 0 Å². The molecule has 10 heteroatoms. The van der Waals surface area contributed by atoms with Crippen LogP contribution in [-0.4, -0.2) is 66.3 Å². The topological polar surface area (TPSA) is 86.8 Å². The van der Waals surface area contributed by atoms with E-state index >= 15 is 4.39 Å². The average Bonchev–Trinajstić information content (AvgIpc) is 3.24. The molecule has 2 aliphatic heterocycles. The fourth-order valence-corrected chi connectivity index (χ4v) is 6.35. The molecule has 2 aliphatic rings. The van der Waals surface area contributed by atoms with Crippen molar-refractivity contribution < 1.29 is 18.7 Å². The number of carbonyl (C=O) groups is 2. The third kappa shape index (κ3) is 4.92. The van der Waals surface area contributed by atoms with Crippen molar-refractivity contribution in [3.63, 3.8) is 0 Å². The number of hydrogen-bond acceptors (Lipinski definition) is 7. The van der Waals surface area contributed by atoms with Crippen molar-refractivity contribution in [3.05, 3.63) is 53.2 Å². The number of nitrogens with one attached hydrogen (secondary N) is 2. The molecule has 2 aromatic carbocycles. The Bertz CT molecular complexity index is 1640. The first-order valence-corrected chi connectivity index (χ1v) is 14.3. The zero-order valence-corrected chi connectivity index (χ0v) is 23.8. The molecular formula is C30H32FN5O3S. The number of amides is 2. The number of benzene rings is 2. The van der Waals surface area contributed by atoms with Crippen LogP contribution in [0.3, 0.4) is 0 Å². The van der Waals surface area contributed by atoms with Crippen LogP contribution in [0.25, 0.3) is 32.2 Å². The lowest BCUT2D eigenvalue weighted by Crippen LogP contribution is -2.50. The molecule has 1 saturated heterocycles. The Kier molecular flexibility index (Phi) is 6.53. The second-order valence-electron chi connectivity index (χ2n) is 11.4. The summed E-state index contributed by atoms with van der Waals surface area (Å²) >= 11 is 1.46. The Labute approximate surface area is 236 Å². The molecule has 2 N–H and O–H groups in total. The number of nitrogens with zero attached hydrogens (tertiary/aromatic N) is 3. The van der Waals surface area contributed by atoms with Gasteiger partial charge in [-0.2, -0.15) is 0 Å². The predicted molar refractivity (Wildman–Crippen MR) is 158 cm³/mol. The van der Waals surface area contributed by atoms with Crippen LogP contribution >= 0.6 is 11.3 Å². The van der Waals surface area contributed by atoms with Gasteiger partial charge in [0.05, 0.1) is 16.9 Å². The summed E-state index contributed by atoms with van der Waals surface area (Å²) in [5.74, 6) is -0.418. The molecule has 1 atom stereocenters. The number of aromatic nitrogens is 1. The monoisotopic (exact) mass is 561 g/mol. The normalized spacial score (nSPS) is 17.8. The van der Waals surface area contributed by atoms with Crippen LogP contribution in [-0.2, 0) is 4.74 Å². The Balaban J connectivity index is 1.29. The number of halogens is 1. The fraction of sp³-hybridized carbons (Fsp3) is 0.367. The lowest BCUT2D eigenvalue weighted by molar-refractivity contribution is 0.0240. The van der Waals surface area contributed by atoms with E-state index in [1.807, 2.05) is 58.0 Å². The summed E-state index contributed by atoms with van der Waals surface area (Å²) in [5.41, 5.74) is 2.88. The second kappa shape index (κ2) is 9.92. The van der Waals surface area contributed by atoms with E-state index in [0.717, 1.165) is 32.4 Å². The van der Waals surface area contributed by atoms with Crippen LogP contribution < -0.4 is 15.5 Å². The number of anilines is 2. The van der Waals surface area contributed by atoms with Gasteiger partial charge in [-0.15, -0.1) is 11.3 Å². The molecule has 2 aromatic heterocycles. The van der Waals surface area contributed by atoms with Gasteiger partial charge in [0.15, 0.2) is 0 Å². The summed E-state index contributed by atoms with van der Waals surface area (Å²) in [5, 5.41) is 8.35. The molecule has 1 fully saturated rings. The van der Waals surface area contributed by atoms with Crippen molar-refractivity contribution >= 4 is 55.7 Å². The highest BCUT2D eigenvalue weighted by molar-refractivity contribution is 7.21. The smallest absolute Gasteiger partial charge is 0.410 e. The molecule has 208 valence electrons. The number of carbonyl (C=O) groups excluding carboxylic acids is 2. The summed E-state index contributed by atoms with van der Waals surface area (Å²) in [7, 11) is 0. The number of fused-ring (bicyclic) bond motifs is 5. The molecular weight excluding hydrogens is 529 g/mol. The Morgan fingerprint density at radius 2 is 1.88 bits per heavy atom. The van der Waals surface area contributed by atoms with Gasteiger partial charge >= 0.3 is 6.09 Å². The fourth-order valence-electron chi connectivity index (χ4n) is 5.26. The van der Waals surface area contributed by atoms with E-state index in [-0.39, 0.29) is 23.9 Å². The zero-order chi connectivity index (χ0) is 28.2. The van der Waals surface area contributed by atoms with Gasteiger partial charge < -0.3 is 25.2 Å². The third-order valence-electron chi connectivity index (χ3n) is 7.21. The molecule has 0 bridgehead atoms. The van der Waals surface area contributed by atoms with Gasteiger partial charge in [-0.05, 0) is 70.2 Å². The molecule has 4 heterocycles. The molecule has 6 rings (SSSR count). The second-order valence-corrected chi connectivity index (χ2v) is 12.4. The molecule has 0 spiro atoms. The Morgan fingerprint density at radius 1 is 1.10 bits per heavy atom. The highest BCUT2D eigenvalue weighted by atomic mass is 32.1. The minimum Gasteiger partial charge on any atom is -0.444 e. The van der Waals surface area contributed by atoms with Gasteiger partial charge in [0.25, 0.3) is 5.91 Å². The first-order chi connectivity index (χ1) is 19.1. The molecule has 0 unspecified atom stereocenters. The lowest BCUT2D eigenvalue weighted by atomic mass is 10.0. The quantitative estimate of drug-likeness (QED) is 0.319. The maximum absolute atomic E-state index is 15.1. The number of piperazine rings is 1. The summed E-state index contributed by atoms with van der Waals surface area (Å²) in [6.07, 6.45) is -0.311. The van der Waals surface area contributed by atoms with E-state index in [9.17, 15) is 9.59 Å². The third-order valence-corrected chi connectivity index (χ3v) is 8.37. The van der Waals surface area contributed by atoms with Crippen molar-refractivity contribution in [2.24, 2.45) is 0 Å². The van der Waals surface area contributed by atoms with Gasteiger partial charge in [-0.1, -0.05) is 0 Å². The number of thiophene rings is 1. The van der Waals surface area contributed by atoms with Crippen LogP contribution in [0.15, 0.2) is 42.5 Å². The maximum atomic E-state index is 15.1. The molecule has 0 aliphatic carbocycles. The van der Waals surface area contributed by atoms with Gasteiger partial charge in [-0.3, -0.25) is 4.79 Å². The molecule has 0 radical (unpaired) electrons. The summed E-state index contributed by atoms with van der Waals surface area (Å²) in [6.45, 7) is 10.5. The first-order valence-electron chi connectivity index (χ1n) is 13.5. The standard InChI is InChI=1S/C30H32FN5O3S/c1-17-16-32-26-25-19-6-8-23(34-22(19)9-10-24(25)40-27(26)28(37)33-17)20-15-18(5-7-21(20)31)35-11-13-36(14-12-35)29(38)39-30(2,3)4/h5-10,15,17,32H,11-14,16H2,1-4H3,(H,33,37)/t17-/m1/s1. The summed E-state index contributed by atoms with van der Waals surface area (Å²) in [6, 6.07) is 12.8. The predicted octanol–water partition coefficient (Wildman–Crippen LogP) is 5.86. The molecule has 4 aromatic rings. The van der Waals surface area contributed by atoms with Gasteiger partial charge in [0.1, 0.15) is 16.3 Å². The molecule has 40 heavy (non-hydrogen) atoms. The lowest BCUT2D eigenvalue weighted by Gasteiger charge is -2.36. The van der Waals surface area contributed by atoms with Crippen molar-refractivity contribution in [2.75, 3.05) is 42.9 Å². The maximum Gasteiger partial charge on any atom is 0.410 e. The van der Waals surface area contributed by atoms with E-state index in [0.29, 0.717) is 48.9 Å². The number of rotatable bonds is 2. The highest BCUT2D eigenvalue weighted by Crippen LogP contribution is 2.41. The zero-order valence-electron chi connectivity index (χ0n) is 23.0. The minimum absolute atomic E-state index is 0.0254. The number of pyridine rings is 1. The van der Waals surface area contributed by atoms with E-state index in [1.165, 1.54) is 17.4 Å². The SMILES string of the molecule is C[C@@H]1CNc2c(sc3ccc4nc(-c5cc(N6CCN(C(=O)OC(C)(C)C)CC6)ccc5F)ccc4c23)C(=O)N1. The van der Waals surface area contributed by atoms with Gasteiger partial charge in [-0.25, -0.2) is 14.2 Å².